The Labute approximate surface area is 160 Å². The lowest BCUT2D eigenvalue weighted by molar-refractivity contribution is -0.898. The Morgan fingerprint density at radius 2 is 1.88 bits per heavy atom. The highest BCUT2D eigenvalue weighted by Gasteiger charge is 2.21. The summed E-state index contributed by atoms with van der Waals surface area (Å²) in [6.07, 6.45) is 1.20. The normalized spacial score (nSPS) is 15.1. The van der Waals surface area contributed by atoms with Gasteiger partial charge in [0.05, 0.1) is 44.1 Å². The fourth-order valence-corrected chi connectivity index (χ4v) is 3.59. The van der Waals surface area contributed by atoms with E-state index in [4.69, 9.17) is 11.6 Å². The minimum absolute atomic E-state index is 0.0233. The predicted molar refractivity (Wildman–Crippen MR) is 108 cm³/mol. The van der Waals surface area contributed by atoms with Crippen molar-refractivity contribution in [3.63, 3.8) is 0 Å². The number of rotatable bonds is 6. The standard InChI is InChI=1S/C21H26ClN3O/c1-2-24-12-14-25(15-13-24)20-10-9-18(22)16-19(20)23-21(26)11-8-17-6-4-3-5-7-17/h3-7,9-10,16H,2,8,11-15H2,1H3,(H,23,26)/p+1. The minimum atomic E-state index is 0.0233. The van der Waals surface area contributed by atoms with Crippen molar-refractivity contribution in [2.45, 2.75) is 19.8 Å². The van der Waals surface area contributed by atoms with Gasteiger partial charge in [-0.25, -0.2) is 0 Å². The SMILES string of the molecule is CC[NH+]1CCN(c2ccc(Cl)cc2NC(=O)CCc2ccccc2)CC1. The molecule has 0 radical (unpaired) electrons. The summed E-state index contributed by atoms with van der Waals surface area (Å²) in [5, 5.41) is 3.72. The number of nitrogens with zero attached hydrogens (tertiary/aromatic N) is 1. The first-order chi connectivity index (χ1) is 12.7. The second kappa shape index (κ2) is 9.06. The van der Waals surface area contributed by atoms with E-state index < -0.39 is 0 Å². The van der Waals surface area contributed by atoms with Gasteiger partial charge in [-0.2, -0.15) is 0 Å². The van der Waals surface area contributed by atoms with Crippen molar-refractivity contribution >= 4 is 28.9 Å². The number of benzene rings is 2. The molecule has 0 unspecified atom stereocenters. The summed E-state index contributed by atoms with van der Waals surface area (Å²) in [7, 11) is 0. The quantitative estimate of drug-likeness (QED) is 0.817. The summed E-state index contributed by atoms with van der Waals surface area (Å²) < 4.78 is 0. The average Bonchev–Trinajstić information content (AvgIpc) is 2.67. The molecule has 2 aromatic carbocycles. The molecule has 1 aliphatic rings. The van der Waals surface area contributed by atoms with E-state index in [0.29, 0.717) is 11.4 Å². The van der Waals surface area contributed by atoms with Crippen molar-refractivity contribution in [1.29, 1.82) is 0 Å². The summed E-state index contributed by atoms with van der Waals surface area (Å²) in [5.74, 6) is 0.0233. The molecule has 1 amide bonds. The van der Waals surface area contributed by atoms with Gasteiger partial charge in [0.1, 0.15) is 0 Å². The van der Waals surface area contributed by atoms with Crippen LogP contribution in [0.15, 0.2) is 48.5 Å². The fourth-order valence-electron chi connectivity index (χ4n) is 3.42. The smallest absolute Gasteiger partial charge is 0.224 e. The maximum Gasteiger partial charge on any atom is 0.224 e. The number of anilines is 2. The Morgan fingerprint density at radius 1 is 1.15 bits per heavy atom. The maximum atomic E-state index is 12.5. The van der Waals surface area contributed by atoms with Crippen molar-refractivity contribution < 1.29 is 9.69 Å². The summed E-state index contributed by atoms with van der Waals surface area (Å²) in [6.45, 7) is 7.64. The molecule has 1 saturated heterocycles. The van der Waals surface area contributed by atoms with Crippen molar-refractivity contribution in [2.24, 2.45) is 0 Å². The molecule has 0 saturated carbocycles. The number of quaternary nitrogens is 1. The van der Waals surface area contributed by atoms with Gasteiger partial charge in [0.2, 0.25) is 5.91 Å². The lowest BCUT2D eigenvalue weighted by atomic mass is 10.1. The molecule has 4 nitrogen and oxygen atoms in total. The van der Waals surface area contributed by atoms with Crippen LogP contribution in [0.25, 0.3) is 0 Å². The molecule has 1 heterocycles. The van der Waals surface area contributed by atoms with Gasteiger partial charge >= 0.3 is 0 Å². The molecule has 0 atom stereocenters. The molecular formula is C21H27ClN3O+. The van der Waals surface area contributed by atoms with E-state index >= 15 is 0 Å². The topological polar surface area (TPSA) is 36.8 Å². The average molecular weight is 373 g/mol. The van der Waals surface area contributed by atoms with Crippen LogP contribution in [-0.2, 0) is 11.2 Å². The first-order valence-corrected chi connectivity index (χ1v) is 9.75. The largest absolute Gasteiger partial charge is 0.359 e. The first-order valence-electron chi connectivity index (χ1n) is 9.37. The highest BCUT2D eigenvalue weighted by molar-refractivity contribution is 6.31. The molecule has 0 aliphatic carbocycles. The number of carbonyl (C=O) groups excluding carboxylic acids is 1. The third kappa shape index (κ3) is 4.99. The zero-order valence-electron chi connectivity index (χ0n) is 15.3. The van der Waals surface area contributed by atoms with Gasteiger partial charge in [-0.15, -0.1) is 0 Å². The van der Waals surface area contributed by atoms with Crippen LogP contribution in [0.3, 0.4) is 0 Å². The van der Waals surface area contributed by atoms with Crippen LogP contribution >= 0.6 is 11.6 Å². The molecule has 0 bridgehead atoms. The Hall–Kier alpha value is -2.04. The summed E-state index contributed by atoms with van der Waals surface area (Å²) in [4.78, 5) is 16.4. The van der Waals surface area contributed by atoms with Crippen LogP contribution in [-0.4, -0.2) is 38.6 Å². The van der Waals surface area contributed by atoms with E-state index in [0.717, 1.165) is 50.5 Å². The van der Waals surface area contributed by atoms with Crippen LogP contribution in [0, 0.1) is 0 Å². The number of hydrogen-bond acceptors (Lipinski definition) is 2. The lowest BCUT2D eigenvalue weighted by Gasteiger charge is -2.34. The van der Waals surface area contributed by atoms with Crippen LogP contribution < -0.4 is 15.1 Å². The molecule has 2 aromatic rings. The van der Waals surface area contributed by atoms with Crippen LogP contribution in [0.1, 0.15) is 18.9 Å². The zero-order valence-corrected chi connectivity index (χ0v) is 16.1. The number of nitrogens with one attached hydrogen (secondary N) is 2. The third-order valence-electron chi connectivity index (χ3n) is 5.03. The molecule has 26 heavy (non-hydrogen) atoms. The molecule has 3 rings (SSSR count). The lowest BCUT2D eigenvalue weighted by Crippen LogP contribution is -3.14. The van der Waals surface area contributed by atoms with E-state index in [1.54, 1.807) is 4.90 Å². The Bertz CT molecular complexity index is 727. The van der Waals surface area contributed by atoms with Crippen molar-refractivity contribution in [1.82, 2.24) is 0 Å². The molecule has 1 aliphatic heterocycles. The molecule has 1 fully saturated rings. The van der Waals surface area contributed by atoms with Gasteiger partial charge < -0.3 is 15.1 Å². The van der Waals surface area contributed by atoms with Crippen molar-refractivity contribution in [3.05, 3.63) is 59.1 Å². The van der Waals surface area contributed by atoms with E-state index in [2.05, 4.69) is 17.1 Å². The van der Waals surface area contributed by atoms with Gasteiger partial charge in [0.25, 0.3) is 0 Å². The third-order valence-corrected chi connectivity index (χ3v) is 5.26. The Kier molecular flexibility index (Phi) is 6.53. The van der Waals surface area contributed by atoms with Crippen LogP contribution in [0.5, 0.6) is 0 Å². The van der Waals surface area contributed by atoms with Crippen LogP contribution in [0.2, 0.25) is 5.02 Å². The van der Waals surface area contributed by atoms with Gasteiger partial charge in [0, 0.05) is 11.4 Å². The Balaban J connectivity index is 1.65. The number of piperazine rings is 1. The number of likely N-dealkylation sites (N-methyl/N-ethyl adjacent to an activating group) is 1. The Morgan fingerprint density at radius 3 is 2.58 bits per heavy atom. The zero-order chi connectivity index (χ0) is 18.4. The van der Waals surface area contributed by atoms with E-state index in [9.17, 15) is 4.79 Å². The number of hydrogen-bond donors (Lipinski definition) is 2. The first kappa shape index (κ1) is 18.7. The fraction of sp³-hybridized carbons (Fsp3) is 0.381. The summed E-state index contributed by atoms with van der Waals surface area (Å²) >= 11 is 6.18. The van der Waals surface area contributed by atoms with Crippen LogP contribution in [0.4, 0.5) is 11.4 Å². The molecule has 138 valence electrons. The van der Waals surface area contributed by atoms with Gasteiger partial charge in [-0.05, 0) is 37.1 Å². The minimum Gasteiger partial charge on any atom is -0.359 e. The highest BCUT2D eigenvalue weighted by atomic mass is 35.5. The second-order valence-corrected chi connectivity index (χ2v) is 7.22. The number of halogens is 1. The van der Waals surface area contributed by atoms with Gasteiger partial charge in [-0.1, -0.05) is 41.9 Å². The van der Waals surface area contributed by atoms with E-state index in [1.807, 2.05) is 48.5 Å². The molecule has 0 spiro atoms. The highest BCUT2D eigenvalue weighted by Crippen LogP contribution is 2.29. The summed E-state index contributed by atoms with van der Waals surface area (Å²) in [5.41, 5.74) is 3.06. The number of carbonyl (C=O) groups is 1. The number of aryl methyl sites for hydroxylation is 1. The van der Waals surface area contributed by atoms with Gasteiger partial charge in [0.15, 0.2) is 0 Å². The van der Waals surface area contributed by atoms with E-state index in [-0.39, 0.29) is 5.91 Å². The molecular weight excluding hydrogens is 346 g/mol. The number of amides is 1. The van der Waals surface area contributed by atoms with E-state index in [1.165, 1.54) is 5.56 Å². The molecule has 2 N–H and O–H groups in total. The monoisotopic (exact) mass is 372 g/mol. The maximum absolute atomic E-state index is 12.5. The predicted octanol–water partition coefficient (Wildman–Crippen LogP) is 2.64. The molecule has 5 heteroatoms. The van der Waals surface area contributed by atoms with Crippen molar-refractivity contribution in [3.8, 4) is 0 Å². The van der Waals surface area contributed by atoms with Gasteiger partial charge in [-0.3, -0.25) is 4.79 Å². The van der Waals surface area contributed by atoms with Crippen molar-refractivity contribution in [2.75, 3.05) is 42.9 Å². The summed E-state index contributed by atoms with van der Waals surface area (Å²) in [6, 6.07) is 15.9. The molecule has 0 aromatic heterocycles. The second-order valence-electron chi connectivity index (χ2n) is 6.79.